The summed E-state index contributed by atoms with van der Waals surface area (Å²) in [4.78, 5) is 0. The summed E-state index contributed by atoms with van der Waals surface area (Å²) in [7, 11) is 0. The summed E-state index contributed by atoms with van der Waals surface area (Å²) >= 11 is 3.04. The van der Waals surface area contributed by atoms with Gasteiger partial charge in [0.05, 0.1) is 12.1 Å². The molecule has 0 amide bonds. The molecule has 0 atom stereocenters. The van der Waals surface area contributed by atoms with Crippen molar-refractivity contribution in [3.8, 4) is 6.07 Å². The molecule has 1 N–H and O–H groups in total. The average Bonchev–Trinajstić information content (AvgIpc) is 2.82. The number of anilines is 1. The number of halogens is 4. The van der Waals surface area contributed by atoms with Crippen LogP contribution in [0.25, 0.3) is 0 Å². The maximum atomic E-state index is 12.7. The Bertz CT molecular complexity index is 658. The van der Waals surface area contributed by atoms with Crippen molar-refractivity contribution in [2.45, 2.75) is 12.7 Å². The second-order valence-corrected chi connectivity index (χ2v) is 4.87. The van der Waals surface area contributed by atoms with Crippen molar-refractivity contribution in [2.24, 2.45) is 0 Å². The lowest BCUT2D eigenvalue weighted by molar-refractivity contribution is -0.137. The van der Waals surface area contributed by atoms with Crippen molar-refractivity contribution in [3.63, 3.8) is 0 Å². The number of rotatable bonds is 3. The van der Waals surface area contributed by atoms with Gasteiger partial charge in [0, 0.05) is 10.2 Å². The number of hydrogen-bond acceptors (Lipinski definition) is 3. The minimum Gasteiger partial charge on any atom is -0.449 e. The Morgan fingerprint density at radius 1 is 1.25 bits per heavy atom. The molecule has 0 spiro atoms. The first kappa shape index (κ1) is 14.5. The van der Waals surface area contributed by atoms with Crippen LogP contribution >= 0.6 is 15.9 Å². The minimum absolute atomic E-state index is 0.159. The highest BCUT2D eigenvalue weighted by Crippen LogP contribution is 2.33. The molecule has 2 aromatic rings. The maximum absolute atomic E-state index is 12.7. The third-order valence-corrected chi connectivity index (χ3v) is 2.92. The normalized spacial score (nSPS) is 11.2. The number of hydrogen-bond donors (Lipinski definition) is 1. The second kappa shape index (κ2) is 5.59. The number of nitriles is 1. The molecule has 104 valence electrons. The van der Waals surface area contributed by atoms with Gasteiger partial charge < -0.3 is 9.73 Å². The first-order chi connectivity index (χ1) is 9.38. The molecule has 2 rings (SSSR count). The van der Waals surface area contributed by atoms with Gasteiger partial charge in [0.15, 0.2) is 0 Å². The first-order valence-corrected chi connectivity index (χ1v) is 6.28. The van der Waals surface area contributed by atoms with Gasteiger partial charge in [-0.05, 0) is 30.3 Å². The molecule has 0 bridgehead atoms. The monoisotopic (exact) mass is 344 g/mol. The van der Waals surface area contributed by atoms with Crippen LogP contribution in [0.5, 0.6) is 0 Å². The smallest absolute Gasteiger partial charge is 0.416 e. The van der Waals surface area contributed by atoms with Crippen LogP contribution in [0.1, 0.15) is 17.1 Å². The molecule has 0 radical (unpaired) electrons. The Balaban J connectivity index is 2.13. The fraction of sp³-hybridized carbons (Fsp3) is 0.154. The molecule has 0 unspecified atom stereocenters. The molecule has 1 aromatic carbocycles. The Kier molecular flexibility index (Phi) is 4.04. The maximum Gasteiger partial charge on any atom is 0.416 e. The predicted octanol–water partition coefficient (Wildman–Crippen LogP) is 4.54. The topological polar surface area (TPSA) is 49.0 Å². The summed E-state index contributed by atoms with van der Waals surface area (Å²) in [6, 6.07) is 8.47. The molecule has 20 heavy (non-hydrogen) atoms. The molecule has 1 aromatic heterocycles. The van der Waals surface area contributed by atoms with Gasteiger partial charge in [-0.2, -0.15) is 18.4 Å². The van der Waals surface area contributed by atoms with Crippen LogP contribution in [0.2, 0.25) is 0 Å². The Morgan fingerprint density at radius 2 is 2.00 bits per heavy atom. The molecular weight excluding hydrogens is 337 g/mol. The summed E-state index contributed by atoms with van der Waals surface area (Å²) < 4.78 is 43.4. The quantitative estimate of drug-likeness (QED) is 0.888. The van der Waals surface area contributed by atoms with Gasteiger partial charge in [-0.15, -0.1) is 0 Å². The summed E-state index contributed by atoms with van der Waals surface area (Å²) in [5, 5.41) is 11.4. The zero-order valence-corrected chi connectivity index (χ0v) is 11.5. The fourth-order valence-electron chi connectivity index (χ4n) is 1.58. The molecule has 0 saturated carbocycles. The van der Waals surface area contributed by atoms with Crippen molar-refractivity contribution in [2.75, 3.05) is 5.32 Å². The third-order valence-electron chi connectivity index (χ3n) is 2.46. The fourth-order valence-corrected chi connectivity index (χ4v) is 2.07. The van der Waals surface area contributed by atoms with E-state index in [2.05, 4.69) is 21.2 Å². The number of alkyl halides is 3. The zero-order valence-electron chi connectivity index (χ0n) is 9.96. The Labute approximate surface area is 121 Å². The lowest BCUT2D eigenvalue weighted by Crippen LogP contribution is -2.06. The Hall–Kier alpha value is -1.94. The molecular formula is C13H8BrF3N2O. The van der Waals surface area contributed by atoms with E-state index in [-0.39, 0.29) is 12.3 Å². The van der Waals surface area contributed by atoms with Gasteiger partial charge in [0.25, 0.3) is 0 Å². The highest BCUT2D eigenvalue weighted by atomic mass is 79.9. The third kappa shape index (κ3) is 3.54. The molecule has 0 saturated heterocycles. The molecule has 0 fully saturated rings. The van der Waals surface area contributed by atoms with E-state index in [1.165, 1.54) is 12.1 Å². The van der Waals surface area contributed by atoms with Crippen LogP contribution in [-0.4, -0.2) is 0 Å². The lowest BCUT2D eigenvalue weighted by Gasteiger charge is -2.11. The van der Waals surface area contributed by atoms with E-state index in [9.17, 15) is 13.2 Å². The van der Waals surface area contributed by atoms with Gasteiger partial charge >= 0.3 is 6.18 Å². The summed E-state index contributed by atoms with van der Waals surface area (Å²) in [5.41, 5.74) is -0.437. The Morgan fingerprint density at radius 3 is 2.60 bits per heavy atom. The van der Waals surface area contributed by atoms with Gasteiger partial charge in [0.1, 0.15) is 11.8 Å². The van der Waals surface area contributed by atoms with Crippen LogP contribution in [0.4, 0.5) is 18.9 Å². The van der Waals surface area contributed by atoms with Gasteiger partial charge in [-0.1, -0.05) is 15.9 Å². The van der Waals surface area contributed by atoms with Crippen LogP contribution in [-0.2, 0) is 12.7 Å². The van der Waals surface area contributed by atoms with Crippen LogP contribution in [0, 0.1) is 11.3 Å². The van der Waals surface area contributed by atoms with Crippen molar-refractivity contribution in [1.82, 2.24) is 0 Å². The highest BCUT2D eigenvalue weighted by Gasteiger charge is 2.31. The molecule has 0 aliphatic rings. The molecule has 0 aliphatic carbocycles. The van der Waals surface area contributed by atoms with Gasteiger partial charge in [-0.3, -0.25) is 0 Å². The van der Waals surface area contributed by atoms with E-state index in [0.29, 0.717) is 15.9 Å². The molecule has 1 heterocycles. The highest BCUT2D eigenvalue weighted by molar-refractivity contribution is 9.10. The average molecular weight is 345 g/mol. The van der Waals surface area contributed by atoms with Crippen LogP contribution in [0.3, 0.4) is 0 Å². The predicted molar refractivity (Wildman–Crippen MR) is 69.9 cm³/mol. The van der Waals surface area contributed by atoms with Gasteiger partial charge in [0.2, 0.25) is 5.76 Å². The van der Waals surface area contributed by atoms with E-state index in [1.54, 1.807) is 6.07 Å². The number of nitrogens with zero attached hydrogens (tertiary/aromatic N) is 1. The SMILES string of the molecule is N#Cc1ccc(CNc2cc(Br)cc(C(F)(F)F)c2)o1. The van der Waals surface area contributed by atoms with Crippen molar-refractivity contribution < 1.29 is 17.6 Å². The summed E-state index contributed by atoms with van der Waals surface area (Å²) in [5.74, 6) is 0.627. The van der Waals surface area contributed by atoms with E-state index in [0.717, 1.165) is 12.1 Å². The standard InChI is InChI=1S/C13H8BrF3N2O/c14-9-3-8(13(15,16)17)4-10(5-9)19-7-12-2-1-11(6-18)20-12/h1-5,19H,7H2. The van der Waals surface area contributed by atoms with Crippen molar-refractivity contribution in [3.05, 3.63) is 51.9 Å². The van der Waals surface area contributed by atoms with E-state index < -0.39 is 11.7 Å². The molecule has 0 aliphatic heterocycles. The number of nitrogens with one attached hydrogen (secondary N) is 1. The van der Waals surface area contributed by atoms with E-state index >= 15 is 0 Å². The summed E-state index contributed by atoms with van der Waals surface area (Å²) in [6.45, 7) is 0.190. The van der Waals surface area contributed by atoms with E-state index in [1.807, 2.05) is 6.07 Å². The molecule has 7 heteroatoms. The number of furan rings is 1. The molecule has 3 nitrogen and oxygen atoms in total. The zero-order chi connectivity index (χ0) is 14.8. The number of benzene rings is 1. The van der Waals surface area contributed by atoms with Gasteiger partial charge in [-0.25, -0.2) is 0 Å². The minimum atomic E-state index is -4.40. The van der Waals surface area contributed by atoms with Crippen molar-refractivity contribution in [1.29, 1.82) is 5.26 Å². The van der Waals surface area contributed by atoms with Crippen LogP contribution < -0.4 is 5.32 Å². The lowest BCUT2D eigenvalue weighted by atomic mass is 10.2. The first-order valence-electron chi connectivity index (χ1n) is 5.49. The van der Waals surface area contributed by atoms with Crippen LogP contribution in [0.15, 0.2) is 39.2 Å². The second-order valence-electron chi connectivity index (χ2n) is 3.96. The summed E-state index contributed by atoms with van der Waals surface area (Å²) in [6.07, 6.45) is -4.40. The largest absolute Gasteiger partial charge is 0.449 e. The van der Waals surface area contributed by atoms with Crippen molar-refractivity contribution >= 4 is 21.6 Å². The van der Waals surface area contributed by atoms with E-state index in [4.69, 9.17) is 9.68 Å².